The Labute approximate surface area is 86.9 Å². The molecular formula is C11H22N2O. The van der Waals surface area contributed by atoms with Crippen molar-refractivity contribution >= 4 is 5.91 Å². The number of nitrogens with one attached hydrogen (secondary N) is 1. The summed E-state index contributed by atoms with van der Waals surface area (Å²) in [6.45, 7) is 7.00. The molecular weight excluding hydrogens is 176 g/mol. The Morgan fingerprint density at radius 3 is 2.93 bits per heavy atom. The number of carbonyl (C=O) groups is 1. The Balaban J connectivity index is 2.40. The van der Waals surface area contributed by atoms with Crippen molar-refractivity contribution < 1.29 is 4.79 Å². The lowest BCUT2D eigenvalue weighted by atomic mass is 10.0. The van der Waals surface area contributed by atoms with Gasteiger partial charge in [0.15, 0.2) is 0 Å². The first-order valence-electron chi connectivity index (χ1n) is 5.81. The van der Waals surface area contributed by atoms with Crippen molar-refractivity contribution in [2.24, 2.45) is 0 Å². The number of piperidine rings is 1. The zero-order chi connectivity index (χ0) is 10.4. The molecule has 0 bridgehead atoms. The molecule has 0 aliphatic carbocycles. The summed E-state index contributed by atoms with van der Waals surface area (Å²) in [5.74, 6) is 0.312. The minimum absolute atomic E-state index is 0.0885. The lowest BCUT2D eigenvalue weighted by Gasteiger charge is -2.32. The summed E-state index contributed by atoms with van der Waals surface area (Å²) < 4.78 is 0. The molecule has 1 atom stereocenters. The maximum absolute atomic E-state index is 11.9. The van der Waals surface area contributed by atoms with Gasteiger partial charge in [-0.2, -0.15) is 0 Å². The Morgan fingerprint density at radius 2 is 2.29 bits per heavy atom. The molecule has 0 aromatic heterocycles. The molecule has 0 aromatic rings. The smallest absolute Gasteiger partial charge is 0.239 e. The molecule has 0 radical (unpaired) electrons. The number of carbonyl (C=O) groups excluding carboxylic acids is 1. The molecule has 1 aliphatic heterocycles. The van der Waals surface area contributed by atoms with Crippen LogP contribution in [0.25, 0.3) is 0 Å². The second-order valence-electron chi connectivity index (χ2n) is 3.93. The van der Waals surface area contributed by atoms with E-state index in [2.05, 4.69) is 19.2 Å². The summed E-state index contributed by atoms with van der Waals surface area (Å²) in [4.78, 5) is 13.9. The van der Waals surface area contributed by atoms with Crippen LogP contribution in [0.2, 0.25) is 0 Å². The largest absolute Gasteiger partial charge is 0.341 e. The van der Waals surface area contributed by atoms with Crippen molar-refractivity contribution in [3.05, 3.63) is 0 Å². The van der Waals surface area contributed by atoms with E-state index >= 15 is 0 Å². The number of likely N-dealkylation sites (N-methyl/N-ethyl adjacent to an activating group) is 1. The van der Waals surface area contributed by atoms with E-state index in [1.54, 1.807) is 0 Å². The van der Waals surface area contributed by atoms with Gasteiger partial charge in [-0.1, -0.05) is 20.3 Å². The van der Waals surface area contributed by atoms with Crippen LogP contribution in [0.1, 0.15) is 39.5 Å². The highest BCUT2D eigenvalue weighted by molar-refractivity contribution is 5.82. The lowest BCUT2D eigenvalue weighted by Crippen LogP contribution is -2.50. The first-order chi connectivity index (χ1) is 6.79. The van der Waals surface area contributed by atoms with Crippen molar-refractivity contribution in [3.63, 3.8) is 0 Å². The van der Waals surface area contributed by atoms with Crippen LogP contribution in [0.15, 0.2) is 0 Å². The van der Waals surface area contributed by atoms with Crippen LogP contribution >= 0.6 is 0 Å². The second-order valence-corrected chi connectivity index (χ2v) is 3.93. The molecule has 0 aromatic carbocycles. The minimum atomic E-state index is 0.0885. The Bertz CT molecular complexity index is 180. The Kier molecular flexibility index (Phi) is 4.94. The summed E-state index contributed by atoms with van der Waals surface area (Å²) >= 11 is 0. The molecule has 3 heteroatoms. The third kappa shape index (κ3) is 2.98. The number of nitrogens with zero attached hydrogens (tertiary/aromatic N) is 1. The van der Waals surface area contributed by atoms with Gasteiger partial charge in [-0.3, -0.25) is 4.79 Å². The summed E-state index contributed by atoms with van der Waals surface area (Å²) in [7, 11) is 0. The van der Waals surface area contributed by atoms with Gasteiger partial charge in [0.05, 0.1) is 6.04 Å². The third-order valence-corrected chi connectivity index (χ3v) is 2.76. The fourth-order valence-corrected chi connectivity index (χ4v) is 1.95. The Hall–Kier alpha value is -0.570. The van der Waals surface area contributed by atoms with Gasteiger partial charge in [-0.05, 0) is 25.8 Å². The second kappa shape index (κ2) is 6.02. The maximum atomic E-state index is 11.9. The molecule has 1 rings (SSSR count). The van der Waals surface area contributed by atoms with Crippen LogP contribution in [0.4, 0.5) is 0 Å². The molecule has 1 unspecified atom stereocenters. The van der Waals surface area contributed by atoms with Gasteiger partial charge < -0.3 is 10.2 Å². The van der Waals surface area contributed by atoms with E-state index < -0.39 is 0 Å². The highest BCUT2D eigenvalue weighted by Crippen LogP contribution is 2.12. The SMILES string of the molecule is CCCCN1CCCC(NCC)C1=O. The van der Waals surface area contributed by atoms with Gasteiger partial charge in [0.2, 0.25) is 5.91 Å². The molecule has 1 N–H and O–H groups in total. The van der Waals surface area contributed by atoms with Crippen LogP contribution < -0.4 is 5.32 Å². The number of amides is 1. The number of unbranched alkanes of at least 4 members (excludes halogenated alkanes) is 1. The van der Waals surface area contributed by atoms with E-state index in [0.717, 1.165) is 45.3 Å². The van der Waals surface area contributed by atoms with Gasteiger partial charge in [0, 0.05) is 13.1 Å². The van der Waals surface area contributed by atoms with Gasteiger partial charge >= 0.3 is 0 Å². The van der Waals surface area contributed by atoms with E-state index in [4.69, 9.17) is 0 Å². The predicted molar refractivity (Wildman–Crippen MR) is 58.2 cm³/mol. The maximum Gasteiger partial charge on any atom is 0.239 e. The van der Waals surface area contributed by atoms with Crippen molar-refractivity contribution in [2.45, 2.75) is 45.6 Å². The van der Waals surface area contributed by atoms with Crippen LogP contribution in [0, 0.1) is 0 Å². The molecule has 0 saturated carbocycles. The molecule has 1 amide bonds. The number of hydrogen-bond acceptors (Lipinski definition) is 2. The van der Waals surface area contributed by atoms with Gasteiger partial charge in [-0.25, -0.2) is 0 Å². The summed E-state index contributed by atoms with van der Waals surface area (Å²) in [6.07, 6.45) is 4.45. The van der Waals surface area contributed by atoms with E-state index in [0.29, 0.717) is 5.91 Å². The zero-order valence-corrected chi connectivity index (χ0v) is 9.38. The topological polar surface area (TPSA) is 32.3 Å². The third-order valence-electron chi connectivity index (χ3n) is 2.76. The Morgan fingerprint density at radius 1 is 1.50 bits per heavy atom. The first kappa shape index (κ1) is 11.5. The summed E-state index contributed by atoms with van der Waals surface area (Å²) in [6, 6.07) is 0.0885. The van der Waals surface area contributed by atoms with Crippen LogP contribution in [0.5, 0.6) is 0 Å². The molecule has 14 heavy (non-hydrogen) atoms. The molecule has 0 spiro atoms. The highest BCUT2D eigenvalue weighted by Gasteiger charge is 2.26. The van der Waals surface area contributed by atoms with Crippen LogP contribution in [-0.4, -0.2) is 36.5 Å². The fraction of sp³-hybridized carbons (Fsp3) is 0.909. The zero-order valence-electron chi connectivity index (χ0n) is 9.38. The van der Waals surface area contributed by atoms with E-state index in [1.807, 2.05) is 4.90 Å². The standard InChI is InChI=1S/C11H22N2O/c1-3-5-8-13-9-6-7-10(11(13)14)12-4-2/h10,12H,3-9H2,1-2H3. The average Bonchev–Trinajstić information content (AvgIpc) is 2.20. The van der Waals surface area contributed by atoms with Crippen molar-refractivity contribution in [1.29, 1.82) is 0 Å². The number of rotatable bonds is 5. The molecule has 1 aliphatic rings. The van der Waals surface area contributed by atoms with Crippen LogP contribution in [-0.2, 0) is 4.79 Å². The van der Waals surface area contributed by atoms with Gasteiger partial charge in [0.1, 0.15) is 0 Å². The summed E-state index contributed by atoms with van der Waals surface area (Å²) in [5, 5.41) is 3.25. The highest BCUT2D eigenvalue weighted by atomic mass is 16.2. The quantitative estimate of drug-likeness (QED) is 0.724. The normalized spacial score (nSPS) is 22.9. The molecule has 1 heterocycles. The predicted octanol–water partition coefficient (Wildman–Crippen LogP) is 1.39. The van der Waals surface area contributed by atoms with E-state index in [9.17, 15) is 4.79 Å². The van der Waals surface area contributed by atoms with Crippen LogP contribution in [0.3, 0.4) is 0 Å². The molecule has 82 valence electrons. The number of hydrogen-bond donors (Lipinski definition) is 1. The average molecular weight is 198 g/mol. The van der Waals surface area contributed by atoms with E-state index in [1.165, 1.54) is 0 Å². The fourth-order valence-electron chi connectivity index (χ4n) is 1.95. The van der Waals surface area contributed by atoms with E-state index in [-0.39, 0.29) is 6.04 Å². The molecule has 1 saturated heterocycles. The van der Waals surface area contributed by atoms with Crippen molar-refractivity contribution in [3.8, 4) is 0 Å². The van der Waals surface area contributed by atoms with Crippen molar-refractivity contribution in [2.75, 3.05) is 19.6 Å². The lowest BCUT2D eigenvalue weighted by molar-refractivity contribution is -0.136. The van der Waals surface area contributed by atoms with Crippen molar-refractivity contribution in [1.82, 2.24) is 10.2 Å². The minimum Gasteiger partial charge on any atom is -0.341 e. The number of likely N-dealkylation sites (tertiary alicyclic amines) is 1. The van der Waals surface area contributed by atoms with Gasteiger partial charge in [0.25, 0.3) is 0 Å². The van der Waals surface area contributed by atoms with Gasteiger partial charge in [-0.15, -0.1) is 0 Å². The molecule has 3 nitrogen and oxygen atoms in total. The summed E-state index contributed by atoms with van der Waals surface area (Å²) in [5.41, 5.74) is 0. The monoisotopic (exact) mass is 198 g/mol. The molecule has 1 fully saturated rings. The first-order valence-corrected chi connectivity index (χ1v) is 5.81.